The quantitative estimate of drug-likeness (QED) is 0.662. The maximum absolute atomic E-state index is 11.7. The average molecular weight is 360 g/mol. The van der Waals surface area contributed by atoms with Crippen molar-refractivity contribution >= 4 is 40.2 Å². The van der Waals surface area contributed by atoms with Crippen LogP contribution in [0.4, 0.5) is 0 Å². The Morgan fingerprint density at radius 1 is 1.21 bits per heavy atom. The Bertz CT molecular complexity index is 886. The normalized spacial score (nSPS) is 12.1. The minimum Gasteiger partial charge on any atom is -0.494 e. The van der Waals surface area contributed by atoms with Crippen molar-refractivity contribution in [2.45, 2.75) is 10.3 Å². The van der Waals surface area contributed by atoms with Gasteiger partial charge in [-0.05, 0) is 29.8 Å². The van der Waals surface area contributed by atoms with Crippen LogP contribution in [-0.4, -0.2) is 23.2 Å². The van der Waals surface area contributed by atoms with Gasteiger partial charge in [0.05, 0.1) is 12.6 Å². The number of aromatic nitrogens is 1. The van der Waals surface area contributed by atoms with Gasteiger partial charge in [0.2, 0.25) is 0 Å². The number of carboxylic acid groups (broad SMARTS) is 1. The molecule has 0 aliphatic carbocycles. The lowest BCUT2D eigenvalue weighted by Gasteiger charge is -2.15. The number of thioether (sulfide) groups is 1. The predicted molar refractivity (Wildman–Crippen MR) is 96.0 cm³/mol. The van der Waals surface area contributed by atoms with Crippen molar-refractivity contribution in [3.05, 3.63) is 65.2 Å². The molecule has 3 rings (SSSR count). The molecule has 0 saturated heterocycles. The first-order valence-corrected chi connectivity index (χ1v) is 8.43. The molecule has 0 aliphatic rings. The first kappa shape index (κ1) is 16.6. The summed E-state index contributed by atoms with van der Waals surface area (Å²) in [6.45, 7) is 0. The number of aliphatic carboxylic acids is 1. The topological polar surface area (TPSA) is 59.4 Å². The van der Waals surface area contributed by atoms with Crippen molar-refractivity contribution in [3.8, 4) is 5.75 Å². The standard InChI is InChI=1S/C18H14ClNO3S/c1-23-15-10-12-9-13(19)7-8-14(12)20-17(15)24-16(18(21)22)11-5-3-2-4-6-11/h2-10,16H,1H3,(H,21,22). The third kappa shape index (κ3) is 3.47. The van der Waals surface area contributed by atoms with Crippen molar-refractivity contribution < 1.29 is 14.6 Å². The number of hydrogen-bond donors (Lipinski definition) is 1. The molecule has 0 radical (unpaired) electrons. The Morgan fingerprint density at radius 3 is 2.62 bits per heavy atom. The van der Waals surface area contributed by atoms with Gasteiger partial charge in [-0.1, -0.05) is 53.7 Å². The molecule has 3 aromatic rings. The first-order chi connectivity index (χ1) is 11.6. The third-order valence-electron chi connectivity index (χ3n) is 3.48. The third-order valence-corrected chi connectivity index (χ3v) is 4.95. The number of hydrogen-bond acceptors (Lipinski definition) is 4. The molecule has 0 amide bonds. The fourth-order valence-electron chi connectivity index (χ4n) is 2.34. The van der Waals surface area contributed by atoms with E-state index in [4.69, 9.17) is 16.3 Å². The first-order valence-electron chi connectivity index (χ1n) is 7.17. The maximum atomic E-state index is 11.7. The molecule has 0 saturated carbocycles. The van der Waals surface area contributed by atoms with E-state index in [2.05, 4.69) is 4.98 Å². The van der Waals surface area contributed by atoms with E-state index in [9.17, 15) is 9.90 Å². The average Bonchev–Trinajstić information content (AvgIpc) is 2.59. The molecule has 0 aliphatic heterocycles. The van der Waals surface area contributed by atoms with Crippen LogP contribution in [0.15, 0.2) is 59.6 Å². The van der Waals surface area contributed by atoms with E-state index in [0.717, 1.165) is 22.7 Å². The molecule has 4 nitrogen and oxygen atoms in total. The molecule has 24 heavy (non-hydrogen) atoms. The second kappa shape index (κ2) is 7.11. The second-order valence-corrected chi connectivity index (χ2v) is 6.61. The number of nitrogens with zero attached hydrogens (tertiary/aromatic N) is 1. The Labute approximate surface area is 148 Å². The van der Waals surface area contributed by atoms with E-state index < -0.39 is 11.2 Å². The monoisotopic (exact) mass is 359 g/mol. The molecule has 122 valence electrons. The van der Waals surface area contributed by atoms with Gasteiger partial charge in [0, 0.05) is 10.4 Å². The van der Waals surface area contributed by atoms with Crippen LogP contribution < -0.4 is 4.74 Å². The summed E-state index contributed by atoms with van der Waals surface area (Å²) >= 11 is 7.16. The van der Waals surface area contributed by atoms with Gasteiger partial charge in [-0.15, -0.1) is 0 Å². The highest BCUT2D eigenvalue weighted by atomic mass is 35.5. The van der Waals surface area contributed by atoms with Gasteiger partial charge in [0.1, 0.15) is 10.3 Å². The van der Waals surface area contributed by atoms with Crippen LogP contribution >= 0.6 is 23.4 Å². The van der Waals surface area contributed by atoms with Crippen LogP contribution in [0.2, 0.25) is 5.02 Å². The molecule has 1 heterocycles. The largest absolute Gasteiger partial charge is 0.494 e. The van der Waals surface area contributed by atoms with E-state index in [1.807, 2.05) is 24.3 Å². The van der Waals surface area contributed by atoms with E-state index in [1.54, 1.807) is 30.3 Å². The second-order valence-electron chi connectivity index (χ2n) is 5.08. The van der Waals surface area contributed by atoms with Gasteiger partial charge in [-0.2, -0.15) is 0 Å². The van der Waals surface area contributed by atoms with Crippen LogP contribution in [0, 0.1) is 0 Å². The zero-order valence-electron chi connectivity index (χ0n) is 12.8. The number of benzene rings is 2. The summed E-state index contributed by atoms with van der Waals surface area (Å²) in [4.78, 5) is 16.3. The lowest BCUT2D eigenvalue weighted by Crippen LogP contribution is -2.08. The number of halogens is 1. The Morgan fingerprint density at radius 2 is 1.96 bits per heavy atom. The van der Waals surface area contributed by atoms with E-state index in [1.165, 1.54) is 7.11 Å². The van der Waals surface area contributed by atoms with Gasteiger partial charge in [-0.25, -0.2) is 4.98 Å². The predicted octanol–water partition coefficient (Wildman–Crippen LogP) is 4.81. The number of ether oxygens (including phenoxy) is 1. The molecule has 6 heteroatoms. The van der Waals surface area contributed by atoms with Crippen molar-refractivity contribution in [2.24, 2.45) is 0 Å². The molecule has 0 fully saturated rings. The lowest BCUT2D eigenvalue weighted by molar-refractivity contribution is -0.136. The van der Waals surface area contributed by atoms with Crippen LogP contribution in [0.3, 0.4) is 0 Å². The highest BCUT2D eigenvalue weighted by molar-refractivity contribution is 8.00. The van der Waals surface area contributed by atoms with E-state index in [0.29, 0.717) is 21.4 Å². The molecule has 1 N–H and O–H groups in total. The van der Waals surface area contributed by atoms with Gasteiger partial charge < -0.3 is 9.84 Å². The summed E-state index contributed by atoms with van der Waals surface area (Å²) in [5.41, 5.74) is 1.44. The molecule has 0 bridgehead atoms. The zero-order valence-corrected chi connectivity index (χ0v) is 14.3. The number of pyridine rings is 1. The van der Waals surface area contributed by atoms with Gasteiger partial charge >= 0.3 is 5.97 Å². The van der Waals surface area contributed by atoms with Gasteiger partial charge in [0.25, 0.3) is 0 Å². The van der Waals surface area contributed by atoms with E-state index in [-0.39, 0.29) is 0 Å². The summed E-state index contributed by atoms with van der Waals surface area (Å²) in [5, 5.41) is 10.8. The van der Waals surface area contributed by atoms with Crippen LogP contribution in [0.5, 0.6) is 5.75 Å². The van der Waals surface area contributed by atoms with Crippen molar-refractivity contribution in [1.82, 2.24) is 4.98 Å². The number of rotatable bonds is 5. The molecular formula is C18H14ClNO3S. The zero-order chi connectivity index (χ0) is 17.1. The SMILES string of the molecule is COc1cc2cc(Cl)ccc2nc1SC(C(=O)O)c1ccccc1. The van der Waals surface area contributed by atoms with Crippen LogP contribution in [-0.2, 0) is 4.79 Å². The van der Waals surface area contributed by atoms with Crippen LogP contribution in [0.1, 0.15) is 10.8 Å². The fourth-order valence-corrected chi connectivity index (χ4v) is 3.55. The Hall–Kier alpha value is -2.24. The molecule has 1 unspecified atom stereocenters. The number of carboxylic acids is 1. The summed E-state index contributed by atoms with van der Waals surface area (Å²) < 4.78 is 5.39. The minimum absolute atomic E-state index is 0.525. The smallest absolute Gasteiger partial charge is 0.321 e. The molecular weight excluding hydrogens is 346 g/mol. The summed E-state index contributed by atoms with van der Waals surface area (Å²) in [7, 11) is 1.54. The number of fused-ring (bicyclic) bond motifs is 1. The van der Waals surface area contributed by atoms with Crippen molar-refractivity contribution in [1.29, 1.82) is 0 Å². The summed E-state index contributed by atoms with van der Waals surface area (Å²) in [6, 6.07) is 16.2. The van der Waals surface area contributed by atoms with Crippen molar-refractivity contribution in [3.63, 3.8) is 0 Å². The number of carbonyl (C=O) groups is 1. The minimum atomic E-state index is -0.925. The van der Waals surface area contributed by atoms with Crippen molar-refractivity contribution in [2.75, 3.05) is 7.11 Å². The molecule has 2 aromatic carbocycles. The molecule has 1 aromatic heterocycles. The molecule has 1 atom stereocenters. The Balaban J connectivity index is 2.04. The highest BCUT2D eigenvalue weighted by Gasteiger charge is 2.24. The van der Waals surface area contributed by atoms with Gasteiger partial charge in [0.15, 0.2) is 5.75 Å². The summed E-state index contributed by atoms with van der Waals surface area (Å²) in [6.07, 6.45) is 0. The van der Waals surface area contributed by atoms with Gasteiger partial charge in [-0.3, -0.25) is 4.79 Å². The number of methoxy groups -OCH3 is 1. The van der Waals surface area contributed by atoms with Crippen LogP contribution in [0.25, 0.3) is 10.9 Å². The molecule has 0 spiro atoms. The Kier molecular flexibility index (Phi) is 4.92. The highest BCUT2D eigenvalue weighted by Crippen LogP contribution is 2.40. The fraction of sp³-hybridized carbons (Fsp3) is 0.111. The maximum Gasteiger partial charge on any atom is 0.321 e. The van der Waals surface area contributed by atoms with E-state index >= 15 is 0 Å². The summed E-state index contributed by atoms with van der Waals surface area (Å²) in [5.74, 6) is -0.400. The lowest BCUT2D eigenvalue weighted by atomic mass is 10.1.